The first-order valence-electron chi connectivity index (χ1n) is 15.5. The van der Waals surface area contributed by atoms with Crippen LogP contribution >= 0.6 is 0 Å². The summed E-state index contributed by atoms with van der Waals surface area (Å²) in [6.07, 6.45) is 0. The Hall–Kier alpha value is -6.26. The summed E-state index contributed by atoms with van der Waals surface area (Å²) in [6, 6.07) is 50.3. The Kier molecular flexibility index (Phi) is 4.98. The molecule has 0 fully saturated rings. The minimum Gasteiger partial charge on any atom is -0.308 e. The lowest BCUT2D eigenvalue weighted by atomic mass is 9.97. The number of fused-ring (bicyclic) bond motifs is 11. The summed E-state index contributed by atoms with van der Waals surface area (Å²) >= 11 is 0. The maximum Gasteiger partial charge on any atom is 0.137 e. The van der Waals surface area contributed by atoms with Gasteiger partial charge in [0.25, 0.3) is 0 Å². The molecule has 2 N–H and O–H groups in total. The molecule has 10 aromatic rings. The molecule has 0 atom stereocenters. The van der Waals surface area contributed by atoms with Gasteiger partial charge in [-0.3, -0.25) is 15.4 Å². The second-order valence-corrected chi connectivity index (χ2v) is 12.1. The fourth-order valence-corrected chi connectivity index (χ4v) is 7.73. The smallest absolute Gasteiger partial charge is 0.137 e. The van der Waals surface area contributed by atoms with Crippen molar-refractivity contribution < 1.29 is 0 Å². The van der Waals surface area contributed by atoms with Crippen LogP contribution in [0.15, 0.2) is 146 Å². The summed E-state index contributed by atoms with van der Waals surface area (Å²) in [4.78, 5) is 0. The first-order valence-corrected chi connectivity index (χ1v) is 15.5. The van der Waals surface area contributed by atoms with Crippen LogP contribution in [0.1, 0.15) is 16.7 Å². The van der Waals surface area contributed by atoms with Crippen molar-refractivity contribution in [2.24, 2.45) is 0 Å². The van der Waals surface area contributed by atoms with Crippen LogP contribution in [0.5, 0.6) is 0 Å². The van der Waals surface area contributed by atoms with E-state index in [0.29, 0.717) is 11.5 Å². The van der Waals surface area contributed by atoms with Crippen molar-refractivity contribution in [3.63, 3.8) is 0 Å². The number of nitrogens with one attached hydrogen (secondary N) is 2. The van der Waals surface area contributed by atoms with Gasteiger partial charge in [0.2, 0.25) is 0 Å². The predicted octanol–water partition coefficient (Wildman–Crippen LogP) is 10.4. The lowest BCUT2D eigenvalue weighted by Gasteiger charge is -2.15. The zero-order valence-electron chi connectivity index (χ0n) is 24.8. The zero-order valence-corrected chi connectivity index (χ0v) is 24.8. The van der Waals surface area contributed by atoms with Crippen LogP contribution in [-0.2, 0) is 0 Å². The highest BCUT2D eigenvalue weighted by atomic mass is 15.0. The standard InChI is InChI=1S/C42H26N4/c43-40(25-12-2-1-3-13-25)29-17-6-7-18-30(29)42(44)46-36-23-27-15-5-4-14-26(27)22-33(36)38-37(46)24-32-28-16-8-10-20-34(28)45-35-21-11-9-19-31(35)39(38)41(32)45/h1-24,43-44H. The molecule has 0 radical (unpaired) electrons. The third-order valence-corrected chi connectivity index (χ3v) is 9.70. The SMILES string of the molecule is N=C(c1ccccc1)c1ccccc1C(=N)n1c2cc3ccccc3cc2c2c3c4ccccc4n4c5ccccc5c(cc21)c34. The number of para-hydroxylation sites is 2. The molecule has 0 aliphatic heterocycles. The number of benzene rings is 7. The van der Waals surface area contributed by atoms with E-state index in [0.717, 1.165) is 43.9 Å². The molecule has 0 saturated heterocycles. The number of hydrogen-bond donors (Lipinski definition) is 2. The summed E-state index contributed by atoms with van der Waals surface area (Å²) in [5, 5.41) is 28.5. The van der Waals surface area contributed by atoms with E-state index in [9.17, 15) is 10.8 Å². The molecule has 0 amide bonds. The van der Waals surface area contributed by atoms with E-state index in [4.69, 9.17) is 0 Å². The van der Waals surface area contributed by atoms with Gasteiger partial charge < -0.3 is 4.40 Å². The molecule has 0 unspecified atom stereocenters. The molecule has 0 saturated carbocycles. The summed E-state index contributed by atoms with van der Waals surface area (Å²) < 4.78 is 4.54. The van der Waals surface area contributed by atoms with Crippen molar-refractivity contribution in [2.45, 2.75) is 0 Å². The Morgan fingerprint density at radius 3 is 1.83 bits per heavy atom. The normalized spacial score (nSPS) is 12.1. The number of aromatic nitrogens is 2. The molecule has 0 bridgehead atoms. The minimum absolute atomic E-state index is 0.355. The minimum atomic E-state index is 0.355. The number of hydrogen-bond acceptors (Lipinski definition) is 2. The second kappa shape index (κ2) is 9.13. The van der Waals surface area contributed by atoms with E-state index >= 15 is 0 Å². The number of rotatable bonds is 3. The third-order valence-electron chi connectivity index (χ3n) is 9.70. The molecule has 10 rings (SSSR count). The molecular weight excluding hydrogens is 560 g/mol. The van der Waals surface area contributed by atoms with Gasteiger partial charge in [-0.05, 0) is 41.1 Å². The molecule has 4 heteroatoms. The van der Waals surface area contributed by atoms with E-state index in [1.165, 1.54) is 43.5 Å². The molecule has 0 spiro atoms. The highest BCUT2D eigenvalue weighted by Crippen LogP contribution is 2.46. The predicted molar refractivity (Wildman–Crippen MR) is 193 cm³/mol. The van der Waals surface area contributed by atoms with Crippen molar-refractivity contribution in [3.8, 4) is 0 Å². The van der Waals surface area contributed by atoms with Crippen LogP contribution in [0.25, 0.3) is 70.7 Å². The lowest BCUT2D eigenvalue weighted by Crippen LogP contribution is -2.17. The van der Waals surface area contributed by atoms with Gasteiger partial charge in [0.15, 0.2) is 0 Å². The highest BCUT2D eigenvalue weighted by Gasteiger charge is 2.26. The maximum absolute atomic E-state index is 9.94. The Labute approximate surface area is 263 Å². The molecule has 46 heavy (non-hydrogen) atoms. The maximum atomic E-state index is 9.94. The van der Waals surface area contributed by atoms with Crippen molar-refractivity contribution >= 4 is 82.2 Å². The van der Waals surface area contributed by atoms with E-state index in [-0.39, 0.29) is 0 Å². The van der Waals surface area contributed by atoms with Gasteiger partial charge in [0.1, 0.15) is 5.84 Å². The quantitative estimate of drug-likeness (QED) is 0.153. The van der Waals surface area contributed by atoms with Gasteiger partial charge in [-0.1, -0.05) is 115 Å². The summed E-state index contributed by atoms with van der Waals surface area (Å²) in [7, 11) is 0. The van der Waals surface area contributed by atoms with Crippen molar-refractivity contribution in [2.75, 3.05) is 0 Å². The first-order chi connectivity index (χ1) is 22.7. The van der Waals surface area contributed by atoms with Gasteiger partial charge in [-0.15, -0.1) is 0 Å². The van der Waals surface area contributed by atoms with Crippen molar-refractivity contribution in [1.82, 2.24) is 8.97 Å². The molecule has 4 nitrogen and oxygen atoms in total. The van der Waals surface area contributed by atoms with Crippen molar-refractivity contribution in [3.05, 3.63) is 162 Å². The average Bonchev–Trinajstić information content (AvgIpc) is 3.74. The monoisotopic (exact) mass is 586 g/mol. The van der Waals surface area contributed by atoms with Gasteiger partial charge in [0.05, 0.1) is 33.3 Å². The average molecular weight is 587 g/mol. The number of nitrogens with zero attached hydrogens (tertiary/aromatic N) is 2. The van der Waals surface area contributed by atoms with Gasteiger partial charge in [0, 0.05) is 49.0 Å². The van der Waals surface area contributed by atoms with E-state index in [2.05, 4.69) is 100.0 Å². The van der Waals surface area contributed by atoms with Gasteiger partial charge in [-0.2, -0.15) is 0 Å². The highest BCUT2D eigenvalue weighted by molar-refractivity contribution is 6.37. The van der Waals surface area contributed by atoms with E-state index in [1.54, 1.807) is 0 Å². The molecule has 0 aliphatic carbocycles. The Morgan fingerprint density at radius 2 is 1.04 bits per heavy atom. The molecule has 214 valence electrons. The molecule has 7 aromatic carbocycles. The largest absolute Gasteiger partial charge is 0.308 e. The Balaban J connectivity index is 1.39. The molecule has 3 heterocycles. The lowest BCUT2D eigenvalue weighted by molar-refractivity contribution is 1.22. The summed E-state index contributed by atoms with van der Waals surface area (Å²) in [5.74, 6) is 0.355. The van der Waals surface area contributed by atoms with Gasteiger partial charge in [-0.25, -0.2) is 0 Å². The van der Waals surface area contributed by atoms with Crippen LogP contribution in [0.2, 0.25) is 0 Å². The van der Waals surface area contributed by atoms with Crippen LogP contribution in [0.4, 0.5) is 0 Å². The summed E-state index contributed by atoms with van der Waals surface area (Å²) in [6.45, 7) is 0. The van der Waals surface area contributed by atoms with E-state index in [1.807, 2.05) is 54.6 Å². The topological polar surface area (TPSA) is 57.0 Å². The van der Waals surface area contributed by atoms with Crippen LogP contribution in [0.3, 0.4) is 0 Å². The molecule has 3 aromatic heterocycles. The van der Waals surface area contributed by atoms with Crippen LogP contribution in [-0.4, -0.2) is 20.5 Å². The Bertz CT molecular complexity index is 2890. The molecular formula is C42H26N4. The van der Waals surface area contributed by atoms with Crippen LogP contribution in [0, 0.1) is 10.8 Å². The zero-order chi connectivity index (χ0) is 30.5. The summed E-state index contributed by atoms with van der Waals surface area (Å²) in [5.41, 5.74) is 8.29. The second-order valence-electron chi connectivity index (χ2n) is 12.1. The van der Waals surface area contributed by atoms with Gasteiger partial charge >= 0.3 is 0 Å². The van der Waals surface area contributed by atoms with Crippen LogP contribution < -0.4 is 0 Å². The first kappa shape index (κ1) is 25.1. The fourth-order valence-electron chi connectivity index (χ4n) is 7.73. The third kappa shape index (κ3) is 3.22. The van der Waals surface area contributed by atoms with Crippen molar-refractivity contribution in [1.29, 1.82) is 10.8 Å². The molecule has 0 aliphatic rings. The van der Waals surface area contributed by atoms with E-state index < -0.39 is 0 Å². The Morgan fingerprint density at radius 1 is 0.435 bits per heavy atom. The fraction of sp³-hybridized carbons (Fsp3) is 0.